The van der Waals surface area contributed by atoms with Crippen LogP contribution < -0.4 is 4.74 Å². The number of carbonyl (C=O) groups excluding carboxylic acids is 1. The molecule has 0 saturated heterocycles. The van der Waals surface area contributed by atoms with Gasteiger partial charge >= 0.3 is 0 Å². The summed E-state index contributed by atoms with van der Waals surface area (Å²) in [6, 6.07) is 7.00. The van der Waals surface area contributed by atoms with Crippen LogP contribution >= 0.6 is 0 Å². The van der Waals surface area contributed by atoms with E-state index in [4.69, 9.17) is 10.3 Å². The van der Waals surface area contributed by atoms with Crippen LogP contribution in [0.3, 0.4) is 0 Å². The van der Waals surface area contributed by atoms with E-state index in [0.29, 0.717) is 12.2 Å². The first-order valence-electron chi connectivity index (χ1n) is 5.55. The highest BCUT2D eigenvalue weighted by Crippen LogP contribution is 2.13. The van der Waals surface area contributed by atoms with Crippen molar-refractivity contribution in [3.05, 3.63) is 40.3 Å². The van der Waals surface area contributed by atoms with Gasteiger partial charge in [-0.25, -0.2) is 0 Å². The minimum Gasteiger partial charge on any atom is -0.494 e. The molecule has 0 spiro atoms. The highest BCUT2D eigenvalue weighted by atomic mass is 16.5. The largest absolute Gasteiger partial charge is 0.494 e. The molecule has 0 bridgehead atoms. The molecule has 90 valence electrons. The first-order chi connectivity index (χ1) is 8.27. The van der Waals surface area contributed by atoms with E-state index in [2.05, 4.69) is 10.0 Å². The number of rotatable bonds is 7. The third-order valence-electron chi connectivity index (χ3n) is 2.15. The highest BCUT2D eigenvalue weighted by Gasteiger charge is 2.04. The summed E-state index contributed by atoms with van der Waals surface area (Å²) in [5.74, 6) is 0.734. The van der Waals surface area contributed by atoms with E-state index >= 15 is 0 Å². The summed E-state index contributed by atoms with van der Waals surface area (Å²) in [6.45, 7) is 2.90. The third kappa shape index (κ3) is 4.57. The van der Waals surface area contributed by atoms with Crippen LogP contribution in [-0.4, -0.2) is 18.9 Å². The predicted octanol–water partition coefficient (Wildman–Crippen LogP) is 3.36. The van der Waals surface area contributed by atoms with Gasteiger partial charge < -0.3 is 4.74 Å². The van der Waals surface area contributed by atoms with Gasteiger partial charge in [-0.1, -0.05) is 12.0 Å². The van der Waals surface area contributed by atoms with E-state index in [1.807, 2.05) is 6.92 Å². The second-order valence-electron chi connectivity index (χ2n) is 3.50. The fourth-order valence-electron chi connectivity index (χ4n) is 1.30. The summed E-state index contributed by atoms with van der Waals surface area (Å²) in [6.07, 6.45) is 1.19. The number of benzene rings is 1. The van der Waals surface area contributed by atoms with E-state index in [0.717, 1.165) is 12.2 Å². The second kappa shape index (κ2) is 7.30. The molecular weight excluding hydrogens is 218 g/mol. The van der Waals surface area contributed by atoms with Crippen molar-refractivity contribution in [2.75, 3.05) is 13.2 Å². The maximum Gasteiger partial charge on any atom is 0.163 e. The normalized spacial score (nSPS) is 9.47. The summed E-state index contributed by atoms with van der Waals surface area (Å²) < 4.78 is 5.41. The quantitative estimate of drug-likeness (QED) is 0.313. The van der Waals surface area contributed by atoms with Crippen molar-refractivity contribution in [2.45, 2.75) is 19.8 Å². The van der Waals surface area contributed by atoms with Gasteiger partial charge in [0.1, 0.15) is 5.75 Å². The zero-order valence-corrected chi connectivity index (χ0v) is 9.80. The number of ketones is 1. The molecule has 1 aromatic carbocycles. The van der Waals surface area contributed by atoms with Crippen LogP contribution in [0.25, 0.3) is 10.4 Å². The standard InChI is InChI=1S/C12H15N3O2/c1-2-9-17-11-5-3-10(4-6-11)12(16)7-8-14-15-13/h3-6H,2,7-9H2,1H3. The molecule has 0 amide bonds. The number of Topliss-reactive ketones (excluding diaryl/α,β-unsaturated/α-hetero) is 1. The average molecular weight is 233 g/mol. The third-order valence-corrected chi connectivity index (χ3v) is 2.15. The average Bonchev–Trinajstić information content (AvgIpc) is 2.37. The number of ether oxygens (including phenoxy) is 1. The number of hydrogen-bond acceptors (Lipinski definition) is 3. The van der Waals surface area contributed by atoms with Gasteiger partial charge in [-0.2, -0.15) is 0 Å². The van der Waals surface area contributed by atoms with Crippen molar-refractivity contribution in [1.29, 1.82) is 0 Å². The topological polar surface area (TPSA) is 75.1 Å². The zero-order chi connectivity index (χ0) is 12.5. The van der Waals surface area contributed by atoms with Crippen LogP contribution in [0.4, 0.5) is 0 Å². The van der Waals surface area contributed by atoms with Gasteiger partial charge in [0.05, 0.1) is 6.61 Å². The summed E-state index contributed by atoms with van der Waals surface area (Å²) in [5.41, 5.74) is 8.71. The minimum absolute atomic E-state index is 0.0283. The second-order valence-corrected chi connectivity index (χ2v) is 3.50. The molecule has 0 atom stereocenters. The molecule has 0 aromatic heterocycles. The maximum absolute atomic E-state index is 11.6. The van der Waals surface area contributed by atoms with Crippen LogP contribution in [-0.2, 0) is 0 Å². The van der Waals surface area contributed by atoms with Crippen molar-refractivity contribution in [2.24, 2.45) is 5.11 Å². The lowest BCUT2D eigenvalue weighted by molar-refractivity contribution is 0.0985. The van der Waals surface area contributed by atoms with Crippen molar-refractivity contribution in [3.8, 4) is 5.75 Å². The van der Waals surface area contributed by atoms with Crippen molar-refractivity contribution in [1.82, 2.24) is 0 Å². The van der Waals surface area contributed by atoms with Gasteiger partial charge in [0.2, 0.25) is 0 Å². The summed E-state index contributed by atoms with van der Waals surface area (Å²) >= 11 is 0. The number of nitrogens with zero attached hydrogens (tertiary/aromatic N) is 3. The lowest BCUT2D eigenvalue weighted by atomic mass is 10.1. The number of hydrogen-bond donors (Lipinski definition) is 0. The van der Waals surface area contributed by atoms with Gasteiger partial charge in [-0.15, -0.1) is 0 Å². The molecule has 0 N–H and O–H groups in total. The van der Waals surface area contributed by atoms with Gasteiger partial charge in [0.25, 0.3) is 0 Å². The molecule has 0 fully saturated rings. The van der Waals surface area contributed by atoms with Crippen LogP contribution in [0.5, 0.6) is 5.75 Å². The molecule has 5 heteroatoms. The molecule has 0 saturated carbocycles. The van der Waals surface area contributed by atoms with Crippen molar-refractivity contribution >= 4 is 5.78 Å². The number of azide groups is 1. The Morgan fingerprint density at radius 2 is 2.12 bits per heavy atom. The molecule has 17 heavy (non-hydrogen) atoms. The first kappa shape index (κ1) is 13.1. The summed E-state index contributed by atoms with van der Waals surface area (Å²) in [5, 5.41) is 3.33. The summed E-state index contributed by atoms with van der Waals surface area (Å²) in [4.78, 5) is 14.2. The molecule has 0 heterocycles. The van der Waals surface area contributed by atoms with Gasteiger partial charge in [-0.05, 0) is 36.2 Å². The fraction of sp³-hybridized carbons (Fsp3) is 0.417. The van der Waals surface area contributed by atoms with Gasteiger partial charge in [0.15, 0.2) is 5.78 Å². The molecule has 0 unspecified atom stereocenters. The lowest BCUT2D eigenvalue weighted by Crippen LogP contribution is -2.01. The SMILES string of the molecule is CCCOc1ccc(C(=O)CCN=[N+]=[N-])cc1. The zero-order valence-electron chi connectivity index (χ0n) is 9.80. The molecule has 1 rings (SSSR count). The molecule has 0 aliphatic carbocycles. The summed E-state index contributed by atoms with van der Waals surface area (Å²) in [7, 11) is 0. The Balaban J connectivity index is 2.54. The van der Waals surface area contributed by atoms with E-state index in [-0.39, 0.29) is 18.7 Å². The van der Waals surface area contributed by atoms with E-state index in [1.165, 1.54) is 0 Å². The smallest absolute Gasteiger partial charge is 0.163 e. The fourth-order valence-corrected chi connectivity index (χ4v) is 1.30. The molecular formula is C12H15N3O2. The molecule has 0 radical (unpaired) electrons. The van der Waals surface area contributed by atoms with Crippen molar-refractivity contribution < 1.29 is 9.53 Å². The maximum atomic E-state index is 11.6. The van der Waals surface area contributed by atoms with Crippen LogP contribution in [0, 0.1) is 0 Å². The van der Waals surface area contributed by atoms with E-state index in [1.54, 1.807) is 24.3 Å². The number of carbonyl (C=O) groups is 1. The minimum atomic E-state index is -0.0283. The van der Waals surface area contributed by atoms with Crippen LogP contribution in [0.15, 0.2) is 29.4 Å². The molecule has 0 aliphatic rings. The Morgan fingerprint density at radius 3 is 2.71 bits per heavy atom. The highest BCUT2D eigenvalue weighted by molar-refractivity contribution is 5.96. The predicted molar refractivity (Wildman–Crippen MR) is 65.2 cm³/mol. The Bertz CT molecular complexity index is 408. The molecule has 0 aliphatic heterocycles. The van der Waals surface area contributed by atoms with Gasteiger partial charge in [-0.3, -0.25) is 4.79 Å². The lowest BCUT2D eigenvalue weighted by Gasteiger charge is -2.05. The Hall–Kier alpha value is -2.00. The Kier molecular flexibility index (Phi) is 5.61. The van der Waals surface area contributed by atoms with Crippen LogP contribution in [0.1, 0.15) is 30.1 Å². The molecule has 5 nitrogen and oxygen atoms in total. The monoisotopic (exact) mass is 233 g/mol. The Morgan fingerprint density at radius 1 is 1.41 bits per heavy atom. The van der Waals surface area contributed by atoms with E-state index in [9.17, 15) is 4.79 Å². The first-order valence-corrected chi connectivity index (χ1v) is 5.55. The van der Waals surface area contributed by atoms with Gasteiger partial charge in [0, 0.05) is 23.4 Å². The van der Waals surface area contributed by atoms with Crippen molar-refractivity contribution in [3.63, 3.8) is 0 Å². The molecule has 1 aromatic rings. The Labute approximate surface area is 100 Å². The van der Waals surface area contributed by atoms with E-state index < -0.39 is 0 Å². The van der Waals surface area contributed by atoms with Crippen LogP contribution in [0.2, 0.25) is 0 Å².